The summed E-state index contributed by atoms with van der Waals surface area (Å²) >= 11 is 0. The quantitative estimate of drug-likeness (QED) is 0.900. The van der Waals surface area contributed by atoms with Crippen molar-refractivity contribution >= 4 is 0 Å². The fourth-order valence-corrected chi connectivity index (χ4v) is 2.03. The lowest BCUT2D eigenvalue weighted by atomic mass is 10.1. The molecule has 0 bridgehead atoms. The van der Waals surface area contributed by atoms with Crippen molar-refractivity contribution < 1.29 is 4.74 Å². The molecule has 2 N–H and O–H groups in total. The molecule has 1 aromatic carbocycles. The predicted octanol–water partition coefficient (Wildman–Crippen LogP) is 2.52. The highest BCUT2D eigenvalue weighted by atomic mass is 16.5. The van der Waals surface area contributed by atoms with E-state index in [4.69, 9.17) is 10.5 Å². The Hall–Kier alpha value is -1.81. The van der Waals surface area contributed by atoms with Crippen LogP contribution in [0.1, 0.15) is 37.2 Å². The SMILES string of the molecule is COc1ccc(C(C)n2cncc2[C@H](C)N)cc1. The Balaban J connectivity index is 2.29. The molecule has 4 nitrogen and oxygen atoms in total. The molecule has 0 saturated carbocycles. The molecule has 2 atom stereocenters. The molecule has 18 heavy (non-hydrogen) atoms. The van der Waals surface area contributed by atoms with Crippen molar-refractivity contribution in [3.8, 4) is 5.75 Å². The van der Waals surface area contributed by atoms with Crippen molar-refractivity contribution in [1.82, 2.24) is 9.55 Å². The van der Waals surface area contributed by atoms with Gasteiger partial charge in [0.25, 0.3) is 0 Å². The van der Waals surface area contributed by atoms with Gasteiger partial charge in [-0.2, -0.15) is 0 Å². The van der Waals surface area contributed by atoms with E-state index >= 15 is 0 Å². The summed E-state index contributed by atoms with van der Waals surface area (Å²) in [7, 11) is 1.67. The highest BCUT2D eigenvalue weighted by molar-refractivity contribution is 5.29. The van der Waals surface area contributed by atoms with Gasteiger partial charge in [-0.05, 0) is 31.5 Å². The van der Waals surface area contributed by atoms with Gasteiger partial charge in [-0.1, -0.05) is 12.1 Å². The van der Waals surface area contributed by atoms with Crippen molar-refractivity contribution in [1.29, 1.82) is 0 Å². The number of nitrogens with zero attached hydrogens (tertiary/aromatic N) is 2. The number of imidazole rings is 1. The van der Waals surface area contributed by atoms with E-state index in [1.807, 2.05) is 31.6 Å². The van der Waals surface area contributed by atoms with E-state index in [1.165, 1.54) is 5.56 Å². The Kier molecular flexibility index (Phi) is 3.67. The second-order valence-corrected chi connectivity index (χ2v) is 4.46. The Bertz CT molecular complexity index is 502. The fraction of sp³-hybridized carbons (Fsp3) is 0.357. The highest BCUT2D eigenvalue weighted by Gasteiger charge is 2.13. The van der Waals surface area contributed by atoms with Crippen LogP contribution in [0.4, 0.5) is 0 Å². The maximum Gasteiger partial charge on any atom is 0.118 e. The summed E-state index contributed by atoms with van der Waals surface area (Å²) < 4.78 is 7.27. The van der Waals surface area contributed by atoms with Crippen LogP contribution in [0.25, 0.3) is 0 Å². The molecule has 0 radical (unpaired) electrons. The number of rotatable bonds is 4. The van der Waals surface area contributed by atoms with Crippen LogP contribution in [0.15, 0.2) is 36.8 Å². The van der Waals surface area contributed by atoms with Crippen molar-refractivity contribution in [3.63, 3.8) is 0 Å². The summed E-state index contributed by atoms with van der Waals surface area (Å²) in [5, 5.41) is 0. The minimum atomic E-state index is -0.0202. The van der Waals surface area contributed by atoms with E-state index in [9.17, 15) is 0 Å². The molecule has 0 aliphatic carbocycles. The van der Waals surface area contributed by atoms with Gasteiger partial charge in [0.05, 0.1) is 25.2 Å². The minimum absolute atomic E-state index is 0.0202. The van der Waals surface area contributed by atoms with Crippen LogP contribution < -0.4 is 10.5 Å². The first kappa shape index (κ1) is 12.6. The summed E-state index contributed by atoms with van der Waals surface area (Å²) in [5.74, 6) is 0.865. The molecule has 0 amide bonds. The van der Waals surface area contributed by atoms with Crippen molar-refractivity contribution in [3.05, 3.63) is 48.0 Å². The second-order valence-electron chi connectivity index (χ2n) is 4.46. The fourth-order valence-electron chi connectivity index (χ4n) is 2.03. The number of hydrogen-bond acceptors (Lipinski definition) is 3. The van der Waals surface area contributed by atoms with E-state index < -0.39 is 0 Å². The molecule has 1 aromatic heterocycles. The summed E-state index contributed by atoms with van der Waals surface area (Å²) in [6, 6.07) is 8.25. The molecule has 0 saturated heterocycles. The summed E-state index contributed by atoms with van der Waals surface area (Å²) in [5.41, 5.74) is 8.18. The van der Waals surface area contributed by atoms with Crippen LogP contribution in [0.2, 0.25) is 0 Å². The molecule has 0 aliphatic rings. The van der Waals surface area contributed by atoms with Crippen LogP contribution in [-0.4, -0.2) is 16.7 Å². The first-order valence-electron chi connectivity index (χ1n) is 6.04. The number of ether oxygens (including phenoxy) is 1. The third-order valence-electron chi connectivity index (χ3n) is 3.18. The predicted molar refractivity (Wildman–Crippen MR) is 71.6 cm³/mol. The molecular formula is C14H19N3O. The van der Waals surface area contributed by atoms with Crippen LogP contribution >= 0.6 is 0 Å². The zero-order chi connectivity index (χ0) is 13.1. The van der Waals surface area contributed by atoms with Crippen molar-refractivity contribution in [2.75, 3.05) is 7.11 Å². The number of benzene rings is 1. The Morgan fingerprint density at radius 2 is 1.89 bits per heavy atom. The third-order valence-corrected chi connectivity index (χ3v) is 3.18. The van der Waals surface area contributed by atoms with E-state index in [0.29, 0.717) is 0 Å². The first-order chi connectivity index (χ1) is 8.63. The number of aromatic nitrogens is 2. The lowest BCUT2D eigenvalue weighted by molar-refractivity contribution is 0.414. The molecule has 2 aromatic rings. The van der Waals surface area contributed by atoms with Gasteiger partial charge in [-0.15, -0.1) is 0 Å². The Labute approximate surface area is 107 Å². The number of nitrogens with two attached hydrogens (primary N) is 1. The Morgan fingerprint density at radius 3 is 2.44 bits per heavy atom. The monoisotopic (exact) mass is 245 g/mol. The van der Waals surface area contributed by atoms with Gasteiger partial charge in [0.2, 0.25) is 0 Å². The van der Waals surface area contributed by atoms with Crippen LogP contribution in [0.3, 0.4) is 0 Å². The van der Waals surface area contributed by atoms with Gasteiger partial charge in [0, 0.05) is 12.2 Å². The maximum absolute atomic E-state index is 5.94. The van der Waals surface area contributed by atoms with Gasteiger partial charge in [0.1, 0.15) is 5.75 Å². The minimum Gasteiger partial charge on any atom is -0.497 e. The largest absolute Gasteiger partial charge is 0.497 e. The van der Waals surface area contributed by atoms with Gasteiger partial charge >= 0.3 is 0 Å². The Morgan fingerprint density at radius 1 is 1.22 bits per heavy atom. The van der Waals surface area contributed by atoms with Gasteiger partial charge in [0.15, 0.2) is 0 Å². The average Bonchev–Trinajstić information content (AvgIpc) is 2.87. The van der Waals surface area contributed by atoms with E-state index in [-0.39, 0.29) is 12.1 Å². The zero-order valence-electron chi connectivity index (χ0n) is 11.0. The lowest BCUT2D eigenvalue weighted by Crippen LogP contribution is -2.15. The number of methoxy groups -OCH3 is 1. The summed E-state index contributed by atoms with van der Waals surface area (Å²) in [6.07, 6.45) is 3.65. The maximum atomic E-state index is 5.94. The molecule has 0 spiro atoms. The van der Waals surface area contributed by atoms with Crippen molar-refractivity contribution in [2.45, 2.75) is 25.9 Å². The molecule has 1 unspecified atom stereocenters. The van der Waals surface area contributed by atoms with E-state index in [1.54, 1.807) is 7.11 Å². The normalized spacial score (nSPS) is 14.2. The average molecular weight is 245 g/mol. The van der Waals surface area contributed by atoms with E-state index in [2.05, 4.69) is 28.6 Å². The van der Waals surface area contributed by atoms with Gasteiger partial charge in [-0.25, -0.2) is 4.98 Å². The van der Waals surface area contributed by atoms with E-state index in [0.717, 1.165) is 11.4 Å². The smallest absolute Gasteiger partial charge is 0.118 e. The standard InChI is InChI=1S/C14H19N3O/c1-10(15)14-8-16-9-17(14)11(2)12-4-6-13(18-3)7-5-12/h4-11H,15H2,1-3H3/t10-,11?/m0/s1. The molecule has 0 fully saturated rings. The lowest BCUT2D eigenvalue weighted by Gasteiger charge is -2.19. The molecular weight excluding hydrogens is 226 g/mol. The third kappa shape index (κ3) is 2.38. The molecule has 4 heteroatoms. The van der Waals surface area contributed by atoms with Crippen LogP contribution in [-0.2, 0) is 0 Å². The summed E-state index contributed by atoms with van der Waals surface area (Å²) in [6.45, 7) is 4.10. The molecule has 96 valence electrons. The van der Waals surface area contributed by atoms with Gasteiger partial charge < -0.3 is 15.0 Å². The second kappa shape index (κ2) is 5.23. The highest BCUT2D eigenvalue weighted by Crippen LogP contribution is 2.23. The topological polar surface area (TPSA) is 53.1 Å². The summed E-state index contributed by atoms with van der Waals surface area (Å²) in [4.78, 5) is 4.18. The number of hydrogen-bond donors (Lipinski definition) is 1. The van der Waals surface area contributed by atoms with Crippen molar-refractivity contribution in [2.24, 2.45) is 5.73 Å². The molecule has 1 heterocycles. The van der Waals surface area contributed by atoms with Crippen LogP contribution in [0.5, 0.6) is 5.75 Å². The van der Waals surface area contributed by atoms with Crippen LogP contribution in [0, 0.1) is 0 Å². The molecule has 2 rings (SSSR count). The van der Waals surface area contributed by atoms with Gasteiger partial charge in [-0.3, -0.25) is 0 Å². The first-order valence-corrected chi connectivity index (χ1v) is 6.04. The molecule has 0 aliphatic heterocycles. The zero-order valence-corrected chi connectivity index (χ0v) is 11.0.